The van der Waals surface area contributed by atoms with E-state index in [0.717, 1.165) is 103 Å². The summed E-state index contributed by atoms with van der Waals surface area (Å²) >= 11 is 0. The van der Waals surface area contributed by atoms with Gasteiger partial charge in [0.2, 0.25) is 0 Å². The van der Waals surface area contributed by atoms with Crippen LogP contribution in [0.5, 0.6) is 0 Å². The van der Waals surface area contributed by atoms with Gasteiger partial charge >= 0.3 is 0 Å². The van der Waals surface area contributed by atoms with Gasteiger partial charge in [-0.25, -0.2) is 8.78 Å². The van der Waals surface area contributed by atoms with Gasteiger partial charge in [-0.15, -0.1) is 0 Å². The van der Waals surface area contributed by atoms with Crippen molar-refractivity contribution in [3.63, 3.8) is 0 Å². The Labute approximate surface area is 269 Å². The van der Waals surface area contributed by atoms with E-state index in [9.17, 15) is 18.4 Å². The molecule has 2 amide bonds. The van der Waals surface area contributed by atoms with Crippen molar-refractivity contribution in [1.29, 1.82) is 0 Å². The largest absolute Gasteiger partial charge is 0.353 e. The Hall–Kier alpha value is -1.88. The van der Waals surface area contributed by atoms with E-state index in [0.29, 0.717) is 45.3 Å². The summed E-state index contributed by atoms with van der Waals surface area (Å²) < 4.78 is 51.2. The van der Waals surface area contributed by atoms with Gasteiger partial charge in [0, 0.05) is 38.5 Å². The Morgan fingerprint density at radius 2 is 1.02 bits per heavy atom. The van der Waals surface area contributed by atoms with E-state index in [1.807, 2.05) is 0 Å². The highest BCUT2D eigenvalue weighted by atomic mass is 19.1. The predicted molar refractivity (Wildman–Crippen MR) is 171 cm³/mol. The number of unbranched alkanes of at least 4 members (excludes halogenated alkanes) is 10. The van der Waals surface area contributed by atoms with Crippen LogP contribution in [-0.4, -0.2) is 62.9 Å². The summed E-state index contributed by atoms with van der Waals surface area (Å²) in [4.78, 5) is 24.5. The van der Waals surface area contributed by atoms with Crippen LogP contribution >= 0.6 is 0 Å². The average molecular weight is 641 g/mol. The third-order valence-corrected chi connectivity index (χ3v) is 8.76. The van der Waals surface area contributed by atoms with Crippen molar-refractivity contribution >= 4 is 11.8 Å². The maximum Gasteiger partial charge on any atom is 0.279 e. The molecule has 258 valence electrons. The summed E-state index contributed by atoms with van der Waals surface area (Å²) in [6.07, 6.45) is 21.7. The van der Waals surface area contributed by atoms with Crippen molar-refractivity contribution < 1.29 is 37.3 Å². The van der Waals surface area contributed by atoms with Gasteiger partial charge in [-0.3, -0.25) is 9.59 Å². The van der Waals surface area contributed by atoms with Gasteiger partial charge in [-0.05, 0) is 108 Å². The zero-order valence-corrected chi connectivity index (χ0v) is 27.3. The standard InChI is InChI=1S/C35H58F2N2O6/c36-30(17-9-5-1-3-7-13-23-42-32-19-11-15-25-44-32)34(40)38-28-21-22-29(27-28)39-35(41)31(37)18-10-6-2-4-8-14-24-43-33-20-12-16-26-45-33/h17-18,28-29,32-33H,1-16,19-27H2,(H,38,40)(H,39,41)/t28-,29+,32?,33?. The van der Waals surface area contributed by atoms with Crippen molar-refractivity contribution in [3.05, 3.63) is 23.8 Å². The first-order valence-electron chi connectivity index (χ1n) is 17.8. The normalized spacial score (nSPS) is 24.5. The average Bonchev–Trinajstić information content (AvgIpc) is 3.50. The molecule has 0 aromatic rings. The highest BCUT2D eigenvalue weighted by Gasteiger charge is 2.28. The summed E-state index contributed by atoms with van der Waals surface area (Å²) in [6.45, 7) is 3.01. The second-order valence-corrected chi connectivity index (χ2v) is 12.7. The second kappa shape index (κ2) is 23.4. The van der Waals surface area contributed by atoms with Crippen LogP contribution in [0.15, 0.2) is 23.8 Å². The number of hydrogen-bond donors (Lipinski definition) is 2. The molecule has 0 spiro atoms. The number of rotatable bonds is 22. The lowest BCUT2D eigenvalue weighted by molar-refractivity contribution is -0.163. The lowest BCUT2D eigenvalue weighted by atomic mass is 10.1. The minimum Gasteiger partial charge on any atom is -0.353 e. The highest BCUT2D eigenvalue weighted by molar-refractivity contribution is 5.92. The van der Waals surface area contributed by atoms with Gasteiger partial charge in [0.25, 0.3) is 11.8 Å². The third-order valence-electron chi connectivity index (χ3n) is 8.76. The van der Waals surface area contributed by atoms with Crippen molar-refractivity contribution in [2.45, 2.75) is 160 Å². The highest BCUT2D eigenvalue weighted by Crippen LogP contribution is 2.21. The van der Waals surface area contributed by atoms with Crippen LogP contribution in [0.1, 0.15) is 135 Å². The Morgan fingerprint density at radius 1 is 0.600 bits per heavy atom. The molecular weight excluding hydrogens is 582 g/mol. The van der Waals surface area contributed by atoms with Gasteiger partial charge < -0.3 is 29.6 Å². The Balaban J connectivity index is 1.14. The van der Waals surface area contributed by atoms with Crippen LogP contribution in [0.4, 0.5) is 8.78 Å². The predicted octanol–water partition coefficient (Wildman–Crippen LogP) is 7.61. The van der Waals surface area contributed by atoms with Crippen LogP contribution in [0.25, 0.3) is 0 Å². The van der Waals surface area contributed by atoms with E-state index in [-0.39, 0.29) is 24.7 Å². The summed E-state index contributed by atoms with van der Waals surface area (Å²) in [5.74, 6) is -2.96. The molecule has 0 aromatic carbocycles. The topological polar surface area (TPSA) is 95.1 Å². The lowest BCUT2D eigenvalue weighted by Gasteiger charge is -2.22. The molecule has 2 unspecified atom stereocenters. The lowest BCUT2D eigenvalue weighted by Crippen LogP contribution is -2.37. The fourth-order valence-corrected chi connectivity index (χ4v) is 6.06. The van der Waals surface area contributed by atoms with Gasteiger partial charge in [0.15, 0.2) is 24.2 Å². The molecular formula is C35H58F2N2O6. The Kier molecular flexibility index (Phi) is 19.6. The van der Waals surface area contributed by atoms with Gasteiger partial charge in [0.05, 0.1) is 0 Å². The SMILES string of the molecule is O=C(N[C@@H]1CC[C@H](NC(=O)C(F)=CCCCCCCCOC2CCCCO2)C1)C(F)=CCCCCCCCOC1CCCCO1. The molecule has 8 nitrogen and oxygen atoms in total. The molecule has 0 bridgehead atoms. The molecule has 2 heterocycles. The summed E-state index contributed by atoms with van der Waals surface area (Å²) in [7, 11) is 0. The van der Waals surface area contributed by atoms with E-state index in [2.05, 4.69) is 10.6 Å². The van der Waals surface area contributed by atoms with E-state index >= 15 is 0 Å². The number of allylic oxidation sites excluding steroid dienone is 2. The minimum atomic E-state index is -0.764. The van der Waals surface area contributed by atoms with Crippen LogP contribution in [-0.2, 0) is 28.5 Å². The van der Waals surface area contributed by atoms with Crippen LogP contribution < -0.4 is 10.6 Å². The zero-order chi connectivity index (χ0) is 32.0. The first kappa shape index (κ1) is 37.6. The number of carbonyl (C=O) groups excluding carboxylic acids is 2. The Bertz CT molecular complexity index is 819. The molecule has 2 N–H and O–H groups in total. The molecule has 1 aliphatic carbocycles. The van der Waals surface area contributed by atoms with Crippen molar-refractivity contribution in [2.24, 2.45) is 0 Å². The van der Waals surface area contributed by atoms with Crippen molar-refractivity contribution in [1.82, 2.24) is 10.6 Å². The molecule has 1 saturated carbocycles. The second-order valence-electron chi connectivity index (χ2n) is 12.7. The summed E-state index contributed by atoms with van der Waals surface area (Å²) in [6, 6.07) is -0.480. The Morgan fingerprint density at radius 3 is 1.44 bits per heavy atom. The van der Waals surface area contributed by atoms with E-state index < -0.39 is 23.5 Å². The molecule has 3 fully saturated rings. The number of hydrogen-bond acceptors (Lipinski definition) is 6. The number of ether oxygens (including phenoxy) is 4. The smallest absolute Gasteiger partial charge is 0.279 e. The molecule has 3 aliphatic rings. The first-order valence-corrected chi connectivity index (χ1v) is 17.8. The van der Waals surface area contributed by atoms with Crippen LogP contribution in [0.3, 0.4) is 0 Å². The maximum absolute atomic E-state index is 14.3. The minimum absolute atomic E-state index is 0.0360. The number of nitrogens with one attached hydrogen (secondary N) is 2. The molecule has 2 aliphatic heterocycles. The number of carbonyl (C=O) groups is 2. The maximum atomic E-state index is 14.3. The van der Waals surface area contributed by atoms with Crippen molar-refractivity contribution in [3.8, 4) is 0 Å². The quantitative estimate of drug-likeness (QED) is 0.0934. The fourth-order valence-electron chi connectivity index (χ4n) is 6.06. The van der Waals surface area contributed by atoms with Gasteiger partial charge in [0.1, 0.15) is 0 Å². The summed E-state index contributed by atoms with van der Waals surface area (Å²) in [5.41, 5.74) is 0. The third kappa shape index (κ3) is 17.0. The number of amides is 2. The molecule has 45 heavy (non-hydrogen) atoms. The number of halogens is 2. The van der Waals surface area contributed by atoms with E-state index in [4.69, 9.17) is 18.9 Å². The molecule has 2 saturated heterocycles. The van der Waals surface area contributed by atoms with Crippen LogP contribution in [0.2, 0.25) is 0 Å². The van der Waals surface area contributed by atoms with Crippen LogP contribution in [0, 0.1) is 0 Å². The molecule has 10 heteroatoms. The van der Waals surface area contributed by atoms with Crippen molar-refractivity contribution in [2.75, 3.05) is 26.4 Å². The zero-order valence-electron chi connectivity index (χ0n) is 27.3. The van der Waals surface area contributed by atoms with Gasteiger partial charge in [-0.2, -0.15) is 0 Å². The first-order chi connectivity index (χ1) is 22.0. The fraction of sp³-hybridized carbons (Fsp3) is 0.829. The monoisotopic (exact) mass is 640 g/mol. The van der Waals surface area contributed by atoms with Gasteiger partial charge in [-0.1, -0.05) is 38.5 Å². The molecule has 3 rings (SSSR count). The van der Waals surface area contributed by atoms with E-state index in [1.165, 1.54) is 25.0 Å². The molecule has 0 aromatic heterocycles. The molecule has 0 radical (unpaired) electrons. The summed E-state index contributed by atoms with van der Waals surface area (Å²) in [5, 5.41) is 5.43. The molecule has 4 atom stereocenters. The van der Waals surface area contributed by atoms with E-state index in [1.54, 1.807) is 0 Å².